The molecule has 0 spiro atoms. The van der Waals surface area contributed by atoms with Crippen LogP contribution in [0, 0.1) is 19.7 Å². The van der Waals surface area contributed by atoms with Gasteiger partial charge in [0.15, 0.2) is 6.10 Å². The highest BCUT2D eigenvalue weighted by Crippen LogP contribution is 2.28. The Labute approximate surface area is 154 Å². The first kappa shape index (κ1) is 18.1. The molecule has 3 rings (SSSR count). The van der Waals surface area contributed by atoms with E-state index >= 15 is 0 Å². The summed E-state index contributed by atoms with van der Waals surface area (Å²) in [6.07, 6.45) is -0.975. The second-order valence-electron chi connectivity index (χ2n) is 6.07. The Morgan fingerprint density at radius 3 is 2.42 bits per heavy atom. The molecule has 0 fully saturated rings. The van der Waals surface area contributed by atoms with Crippen LogP contribution in [-0.4, -0.2) is 18.0 Å². The van der Waals surface area contributed by atoms with E-state index in [0.29, 0.717) is 15.8 Å². The molecule has 2 aromatic carbocycles. The van der Waals surface area contributed by atoms with Gasteiger partial charge in [0.1, 0.15) is 10.7 Å². The molecule has 0 aliphatic rings. The number of halogens is 1. The number of carbonyl (C=O) groups is 2. The molecule has 1 amide bonds. The van der Waals surface area contributed by atoms with E-state index < -0.39 is 23.8 Å². The Morgan fingerprint density at radius 2 is 1.77 bits per heavy atom. The van der Waals surface area contributed by atoms with Crippen molar-refractivity contribution >= 4 is 39.0 Å². The number of anilines is 1. The van der Waals surface area contributed by atoms with Crippen LogP contribution in [0.4, 0.5) is 10.1 Å². The van der Waals surface area contributed by atoms with E-state index in [2.05, 4.69) is 5.32 Å². The zero-order valence-electron chi connectivity index (χ0n) is 14.6. The van der Waals surface area contributed by atoms with Gasteiger partial charge in [-0.2, -0.15) is 0 Å². The molecule has 0 radical (unpaired) electrons. The third-order valence-electron chi connectivity index (χ3n) is 4.09. The molecule has 134 valence electrons. The Kier molecular flexibility index (Phi) is 5.04. The van der Waals surface area contributed by atoms with Crippen molar-refractivity contribution in [3.63, 3.8) is 0 Å². The number of nitrogens with one attached hydrogen (secondary N) is 1. The maximum Gasteiger partial charge on any atom is 0.349 e. The summed E-state index contributed by atoms with van der Waals surface area (Å²) in [5, 5.41) is 3.17. The van der Waals surface area contributed by atoms with Crippen LogP contribution in [-0.2, 0) is 9.53 Å². The topological polar surface area (TPSA) is 55.4 Å². The molecule has 6 heteroatoms. The number of ether oxygens (including phenoxy) is 1. The minimum absolute atomic E-state index is 0.261. The molecule has 0 saturated carbocycles. The molecule has 1 N–H and O–H groups in total. The third kappa shape index (κ3) is 3.60. The van der Waals surface area contributed by atoms with Crippen LogP contribution in [0.25, 0.3) is 10.1 Å². The van der Waals surface area contributed by atoms with E-state index in [1.165, 1.54) is 19.1 Å². The zero-order valence-corrected chi connectivity index (χ0v) is 15.4. The Hall–Kier alpha value is -2.73. The number of aryl methyl sites for hydroxylation is 2. The number of amides is 1. The first-order chi connectivity index (χ1) is 12.4. The molecule has 26 heavy (non-hydrogen) atoms. The Morgan fingerprint density at radius 1 is 1.12 bits per heavy atom. The maximum atomic E-state index is 13.8. The van der Waals surface area contributed by atoms with Gasteiger partial charge in [0.05, 0.1) is 0 Å². The molecule has 1 atom stereocenters. The first-order valence-corrected chi connectivity index (χ1v) is 8.94. The first-order valence-electron chi connectivity index (χ1n) is 8.13. The van der Waals surface area contributed by atoms with Crippen LogP contribution in [0.3, 0.4) is 0 Å². The number of fused-ring (bicyclic) bond motifs is 1. The maximum absolute atomic E-state index is 13.8. The highest BCUT2D eigenvalue weighted by molar-refractivity contribution is 7.20. The van der Waals surface area contributed by atoms with Crippen LogP contribution in [0.2, 0.25) is 0 Å². The minimum atomic E-state index is -0.975. The van der Waals surface area contributed by atoms with E-state index in [9.17, 15) is 14.0 Å². The summed E-state index contributed by atoms with van der Waals surface area (Å²) in [4.78, 5) is 24.9. The van der Waals surface area contributed by atoms with Gasteiger partial charge >= 0.3 is 5.97 Å². The van der Waals surface area contributed by atoms with Crippen molar-refractivity contribution in [2.24, 2.45) is 0 Å². The molecule has 0 saturated heterocycles. The fourth-order valence-electron chi connectivity index (χ4n) is 2.63. The Bertz CT molecular complexity index is 976. The summed E-state index contributed by atoms with van der Waals surface area (Å²) >= 11 is 1.14. The lowest BCUT2D eigenvalue weighted by atomic mass is 10.1. The lowest BCUT2D eigenvalue weighted by Crippen LogP contribution is -2.30. The summed E-state index contributed by atoms with van der Waals surface area (Å²) in [5.74, 6) is -1.45. The van der Waals surface area contributed by atoms with Gasteiger partial charge < -0.3 is 10.1 Å². The molecule has 0 aliphatic carbocycles. The van der Waals surface area contributed by atoms with E-state index in [1.54, 1.807) is 12.1 Å². The largest absolute Gasteiger partial charge is 0.448 e. The number of hydrogen-bond donors (Lipinski definition) is 1. The van der Waals surface area contributed by atoms with Crippen molar-refractivity contribution in [1.29, 1.82) is 0 Å². The van der Waals surface area contributed by atoms with Crippen molar-refractivity contribution in [1.82, 2.24) is 0 Å². The molecule has 1 aromatic heterocycles. The average Bonchev–Trinajstić information content (AvgIpc) is 3.04. The normalized spacial score (nSPS) is 12.0. The van der Waals surface area contributed by atoms with Gasteiger partial charge in [0.2, 0.25) is 0 Å². The van der Waals surface area contributed by atoms with E-state index in [0.717, 1.165) is 22.5 Å². The number of benzene rings is 2. The van der Waals surface area contributed by atoms with Crippen molar-refractivity contribution in [2.75, 3.05) is 5.32 Å². The van der Waals surface area contributed by atoms with Gasteiger partial charge in [-0.05, 0) is 50.1 Å². The van der Waals surface area contributed by atoms with E-state index in [1.807, 2.05) is 32.0 Å². The van der Waals surface area contributed by atoms with Crippen LogP contribution in [0.1, 0.15) is 27.7 Å². The second kappa shape index (κ2) is 7.25. The van der Waals surface area contributed by atoms with Crippen LogP contribution < -0.4 is 5.32 Å². The lowest BCUT2D eigenvalue weighted by molar-refractivity contribution is -0.123. The summed E-state index contributed by atoms with van der Waals surface area (Å²) in [6, 6.07) is 11.8. The lowest BCUT2D eigenvalue weighted by Gasteiger charge is -2.15. The number of carbonyl (C=O) groups excluding carboxylic acids is 2. The highest BCUT2D eigenvalue weighted by atomic mass is 32.1. The van der Waals surface area contributed by atoms with Gasteiger partial charge in [-0.3, -0.25) is 4.79 Å². The smallest absolute Gasteiger partial charge is 0.349 e. The molecule has 3 aromatic rings. The number of esters is 1. The van der Waals surface area contributed by atoms with Crippen LogP contribution >= 0.6 is 11.3 Å². The molecular formula is C20H18FNO3S. The minimum Gasteiger partial charge on any atom is -0.448 e. The average molecular weight is 371 g/mol. The Balaban J connectivity index is 1.72. The van der Waals surface area contributed by atoms with Crippen molar-refractivity contribution in [2.45, 2.75) is 26.9 Å². The number of hydrogen-bond acceptors (Lipinski definition) is 4. The highest BCUT2D eigenvalue weighted by Gasteiger charge is 2.22. The molecule has 4 nitrogen and oxygen atoms in total. The molecular weight excluding hydrogens is 353 g/mol. The van der Waals surface area contributed by atoms with Crippen LogP contribution in [0.5, 0.6) is 0 Å². The molecule has 0 aliphatic heterocycles. The summed E-state index contributed by atoms with van der Waals surface area (Å²) in [6.45, 7) is 5.30. The molecule has 1 heterocycles. The second-order valence-corrected chi connectivity index (χ2v) is 7.15. The number of rotatable bonds is 4. The van der Waals surface area contributed by atoms with Crippen molar-refractivity contribution < 1.29 is 18.7 Å². The van der Waals surface area contributed by atoms with Crippen molar-refractivity contribution in [3.8, 4) is 0 Å². The van der Waals surface area contributed by atoms with Gasteiger partial charge in [-0.1, -0.05) is 24.3 Å². The van der Waals surface area contributed by atoms with Crippen molar-refractivity contribution in [3.05, 3.63) is 64.3 Å². The monoisotopic (exact) mass is 371 g/mol. The molecule has 0 bridgehead atoms. The van der Waals surface area contributed by atoms with Crippen LogP contribution in [0.15, 0.2) is 42.5 Å². The third-order valence-corrected chi connectivity index (χ3v) is 5.17. The number of thiophene rings is 1. The quantitative estimate of drug-likeness (QED) is 0.668. The molecule has 0 unspecified atom stereocenters. The SMILES string of the molecule is Cc1cccc(C)c1NC(=O)[C@H](C)OC(=O)c1cc2c(F)cccc2s1. The van der Waals surface area contributed by atoms with E-state index in [-0.39, 0.29) is 4.88 Å². The summed E-state index contributed by atoms with van der Waals surface area (Å²) < 4.78 is 19.7. The number of para-hydroxylation sites is 1. The fraction of sp³-hybridized carbons (Fsp3) is 0.200. The van der Waals surface area contributed by atoms with E-state index in [4.69, 9.17) is 4.74 Å². The summed E-state index contributed by atoms with van der Waals surface area (Å²) in [5.41, 5.74) is 2.57. The van der Waals surface area contributed by atoms with Gasteiger partial charge in [0.25, 0.3) is 5.91 Å². The standard InChI is InChI=1S/C20H18FNO3S/c1-11-6-4-7-12(2)18(11)22-19(23)13(3)25-20(24)17-10-14-15(21)8-5-9-16(14)26-17/h4-10,13H,1-3H3,(H,22,23)/t13-/m0/s1. The van der Waals surface area contributed by atoms with Gasteiger partial charge in [0, 0.05) is 15.8 Å². The predicted octanol–water partition coefficient (Wildman–Crippen LogP) is 4.84. The van der Waals surface area contributed by atoms with Gasteiger partial charge in [-0.25, -0.2) is 9.18 Å². The fourth-order valence-corrected chi connectivity index (χ4v) is 3.59. The van der Waals surface area contributed by atoms with Gasteiger partial charge in [-0.15, -0.1) is 11.3 Å². The summed E-state index contributed by atoms with van der Waals surface area (Å²) in [7, 11) is 0. The predicted molar refractivity (Wildman–Crippen MR) is 101 cm³/mol. The zero-order chi connectivity index (χ0) is 18.8.